The van der Waals surface area contributed by atoms with Crippen LogP contribution in [0, 0.1) is 11.8 Å². The van der Waals surface area contributed by atoms with Crippen LogP contribution in [0.3, 0.4) is 0 Å². The fraction of sp³-hybridized carbons (Fsp3) is 0.389. The van der Waals surface area contributed by atoms with Crippen LogP contribution in [0.25, 0.3) is 0 Å². The molecule has 1 aliphatic carbocycles. The quantitative estimate of drug-likeness (QED) is 0.750. The van der Waals surface area contributed by atoms with Gasteiger partial charge < -0.3 is 4.74 Å². The lowest BCUT2D eigenvalue weighted by Crippen LogP contribution is -2.31. The molecule has 3 atom stereocenters. The van der Waals surface area contributed by atoms with Gasteiger partial charge in [0.15, 0.2) is 6.61 Å². The molecule has 1 fully saturated rings. The minimum absolute atomic E-state index is 0.0374. The van der Waals surface area contributed by atoms with Crippen molar-refractivity contribution in [3.05, 3.63) is 44.8 Å². The van der Waals surface area contributed by atoms with Gasteiger partial charge in [0.05, 0.1) is 22.5 Å². The summed E-state index contributed by atoms with van der Waals surface area (Å²) in [5, 5.41) is 10.0. The number of esters is 1. The predicted molar refractivity (Wildman–Crippen MR) is 97.6 cm³/mol. The van der Waals surface area contributed by atoms with Crippen molar-refractivity contribution in [2.75, 3.05) is 6.61 Å². The summed E-state index contributed by atoms with van der Waals surface area (Å²) in [5.41, 5.74) is 0.906. The second-order valence-corrected chi connectivity index (χ2v) is 8.35. The molecule has 4 rings (SSSR count). The molecule has 3 unspecified atom stereocenters. The molecule has 0 N–H and O–H groups in total. The molecule has 1 aliphatic heterocycles. The zero-order valence-electron chi connectivity index (χ0n) is 13.8. The fourth-order valence-electron chi connectivity index (χ4n) is 2.99. The number of carbonyl (C=O) groups excluding carboxylic acids is 2. The average Bonchev–Trinajstić information content (AvgIpc) is 3.12. The molecule has 7 heteroatoms. The van der Waals surface area contributed by atoms with E-state index in [1.54, 1.807) is 22.7 Å². The van der Waals surface area contributed by atoms with Gasteiger partial charge in [0.25, 0.3) is 5.91 Å². The number of carbonyl (C=O) groups is 2. The third kappa shape index (κ3) is 3.39. The molecule has 2 aromatic heterocycles. The SMILES string of the molecule is CC1CC1C(=O)OCC(=O)N1N=C(c2cccs2)CC1c1cccs1. The van der Waals surface area contributed by atoms with E-state index in [2.05, 4.69) is 5.10 Å². The van der Waals surface area contributed by atoms with E-state index >= 15 is 0 Å². The third-order valence-electron chi connectivity index (χ3n) is 4.59. The number of hydrogen-bond donors (Lipinski definition) is 0. The molecule has 0 aromatic carbocycles. The van der Waals surface area contributed by atoms with Gasteiger partial charge in [-0.15, -0.1) is 22.7 Å². The highest BCUT2D eigenvalue weighted by Gasteiger charge is 2.41. The van der Waals surface area contributed by atoms with Gasteiger partial charge in [0.2, 0.25) is 0 Å². The van der Waals surface area contributed by atoms with E-state index in [1.165, 1.54) is 5.01 Å². The molecule has 5 nitrogen and oxygen atoms in total. The minimum atomic E-state index is -0.272. The average molecular weight is 374 g/mol. The van der Waals surface area contributed by atoms with Gasteiger partial charge >= 0.3 is 5.97 Å². The molecule has 130 valence electrons. The van der Waals surface area contributed by atoms with Gasteiger partial charge in [0, 0.05) is 11.3 Å². The van der Waals surface area contributed by atoms with E-state index in [4.69, 9.17) is 4.74 Å². The van der Waals surface area contributed by atoms with Gasteiger partial charge in [-0.2, -0.15) is 5.10 Å². The van der Waals surface area contributed by atoms with Crippen LogP contribution >= 0.6 is 22.7 Å². The number of ether oxygens (including phenoxy) is 1. The lowest BCUT2D eigenvalue weighted by molar-refractivity contribution is -0.154. The topological polar surface area (TPSA) is 59.0 Å². The second-order valence-electron chi connectivity index (χ2n) is 6.42. The Morgan fingerprint density at radius 2 is 2.04 bits per heavy atom. The first kappa shape index (κ1) is 16.5. The van der Waals surface area contributed by atoms with E-state index < -0.39 is 0 Å². The molecular formula is C18H18N2O3S2. The van der Waals surface area contributed by atoms with Gasteiger partial charge in [-0.05, 0) is 35.2 Å². The fourth-order valence-corrected chi connectivity index (χ4v) is 4.52. The standard InChI is InChI=1S/C18H18N2O3S2/c1-11-8-12(11)18(22)23-10-17(21)20-14(16-5-3-7-25-16)9-13(19-20)15-4-2-6-24-15/h2-7,11-12,14H,8-10H2,1H3. The lowest BCUT2D eigenvalue weighted by Gasteiger charge is -2.20. The highest BCUT2D eigenvalue weighted by atomic mass is 32.1. The molecular weight excluding hydrogens is 356 g/mol. The molecule has 2 aromatic rings. The molecule has 0 radical (unpaired) electrons. The van der Waals surface area contributed by atoms with Crippen molar-refractivity contribution in [2.45, 2.75) is 25.8 Å². The predicted octanol–water partition coefficient (Wildman–Crippen LogP) is 3.69. The second kappa shape index (κ2) is 6.72. The molecule has 3 heterocycles. The molecule has 0 saturated heterocycles. The van der Waals surface area contributed by atoms with Gasteiger partial charge in [-0.25, -0.2) is 5.01 Å². The van der Waals surface area contributed by atoms with E-state index in [9.17, 15) is 9.59 Å². The van der Waals surface area contributed by atoms with Crippen LogP contribution in [-0.4, -0.2) is 29.2 Å². The number of amides is 1. The molecule has 2 aliphatic rings. The van der Waals surface area contributed by atoms with Crippen molar-refractivity contribution in [2.24, 2.45) is 16.9 Å². The first-order valence-corrected chi connectivity index (χ1v) is 10.0. The third-order valence-corrected chi connectivity index (χ3v) is 6.49. The Morgan fingerprint density at radius 3 is 2.68 bits per heavy atom. The van der Waals surface area contributed by atoms with Crippen LogP contribution in [0.5, 0.6) is 0 Å². The molecule has 25 heavy (non-hydrogen) atoms. The van der Waals surface area contributed by atoms with E-state index in [-0.39, 0.29) is 30.4 Å². The highest BCUT2D eigenvalue weighted by Crippen LogP contribution is 2.39. The summed E-state index contributed by atoms with van der Waals surface area (Å²) in [6, 6.07) is 7.85. The molecule has 1 saturated carbocycles. The summed E-state index contributed by atoms with van der Waals surface area (Å²) >= 11 is 3.22. The first-order chi connectivity index (χ1) is 12.1. The monoisotopic (exact) mass is 374 g/mol. The summed E-state index contributed by atoms with van der Waals surface area (Å²) < 4.78 is 5.21. The molecule has 1 amide bonds. The van der Waals surface area contributed by atoms with Crippen LogP contribution in [0.15, 0.2) is 40.1 Å². The van der Waals surface area contributed by atoms with Gasteiger partial charge in [-0.3, -0.25) is 9.59 Å². The minimum Gasteiger partial charge on any atom is -0.455 e. The Kier molecular flexibility index (Phi) is 4.43. The molecule has 0 bridgehead atoms. The maximum absolute atomic E-state index is 12.6. The Bertz CT molecular complexity index is 798. The van der Waals surface area contributed by atoms with Crippen LogP contribution in [-0.2, 0) is 14.3 Å². The van der Waals surface area contributed by atoms with E-state index in [1.807, 2.05) is 41.9 Å². The van der Waals surface area contributed by atoms with Crippen molar-refractivity contribution in [3.8, 4) is 0 Å². The van der Waals surface area contributed by atoms with E-state index in [0.29, 0.717) is 12.3 Å². The normalized spacial score (nSPS) is 24.9. The van der Waals surface area contributed by atoms with Gasteiger partial charge in [-0.1, -0.05) is 19.1 Å². The van der Waals surface area contributed by atoms with Crippen LogP contribution in [0.2, 0.25) is 0 Å². The summed E-state index contributed by atoms with van der Waals surface area (Å²) in [5.74, 6) is -0.205. The summed E-state index contributed by atoms with van der Waals surface area (Å²) in [6.07, 6.45) is 1.54. The number of thiophene rings is 2. The van der Waals surface area contributed by atoms with E-state index in [0.717, 1.165) is 21.9 Å². The summed E-state index contributed by atoms with van der Waals surface area (Å²) in [4.78, 5) is 26.7. The van der Waals surface area contributed by atoms with Crippen molar-refractivity contribution < 1.29 is 14.3 Å². The Hall–Kier alpha value is -1.99. The Balaban J connectivity index is 1.49. The number of hydrogen-bond acceptors (Lipinski definition) is 6. The van der Waals surface area contributed by atoms with Crippen molar-refractivity contribution in [1.29, 1.82) is 0 Å². The van der Waals surface area contributed by atoms with Crippen molar-refractivity contribution in [3.63, 3.8) is 0 Å². The zero-order chi connectivity index (χ0) is 17.4. The Labute approximate surface area is 153 Å². The zero-order valence-corrected chi connectivity index (χ0v) is 15.4. The largest absolute Gasteiger partial charge is 0.455 e. The maximum Gasteiger partial charge on any atom is 0.309 e. The van der Waals surface area contributed by atoms with Crippen LogP contribution in [0.1, 0.15) is 35.6 Å². The number of rotatable bonds is 5. The summed E-state index contributed by atoms with van der Waals surface area (Å²) in [7, 11) is 0. The van der Waals surface area contributed by atoms with Gasteiger partial charge in [0.1, 0.15) is 0 Å². The highest BCUT2D eigenvalue weighted by molar-refractivity contribution is 7.12. The Morgan fingerprint density at radius 1 is 1.28 bits per heavy atom. The van der Waals surface area contributed by atoms with Crippen LogP contribution < -0.4 is 0 Å². The van der Waals surface area contributed by atoms with Crippen LogP contribution in [0.4, 0.5) is 0 Å². The van der Waals surface area contributed by atoms with Crippen molar-refractivity contribution >= 4 is 40.3 Å². The van der Waals surface area contributed by atoms with Crippen molar-refractivity contribution in [1.82, 2.24) is 5.01 Å². The smallest absolute Gasteiger partial charge is 0.309 e. The first-order valence-electron chi connectivity index (χ1n) is 8.27. The number of nitrogens with zero attached hydrogens (tertiary/aromatic N) is 2. The lowest BCUT2D eigenvalue weighted by atomic mass is 10.1. The molecule has 0 spiro atoms. The number of hydrazone groups is 1. The summed E-state index contributed by atoms with van der Waals surface area (Å²) in [6.45, 7) is 1.77. The maximum atomic E-state index is 12.6.